The first-order chi connectivity index (χ1) is 11.6. The molecule has 0 radical (unpaired) electrons. The first-order valence-corrected chi connectivity index (χ1v) is 8.84. The molecule has 0 bridgehead atoms. The summed E-state index contributed by atoms with van der Waals surface area (Å²) in [4.78, 5) is 23.4. The van der Waals surface area contributed by atoms with Gasteiger partial charge in [-0.2, -0.15) is 0 Å². The van der Waals surface area contributed by atoms with E-state index in [1.165, 1.54) is 12.8 Å². The maximum atomic E-state index is 11.8. The number of rotatable bonds is 7. The van der Waals surface area contributed by atoms with E-state index in [2.05, 4.69) is 10.6 Å². The van der Waals surface area contributed by atoms with E-state index >= 15 is 0 Å². The summed E-state index contributed by atoms with van der Waals surface area (Å²) in [5.74, 6) is -0.624. The van der Waals surface area contributed by atoms with Crippen molar-refractivity contribution in [3.05, 3.63) is 35.9 Å². The van der Waals surface area contributed by atoms with Gasteiger partial charge >= 0.3 is 5.97 Å². The molecule has 130 valence electrons. The van der Waals surface area contributed by atoms with Gasteiger partial charge in [0.05, 0.1) is 13.0 Å². The standard InChI is InChI=1S/C18H24N2O3S/c21-16(20-18(24)19-15-8-4-5-9-15)10-11-17(22)23-13-12-14-6-2-1-3-7-14/h1-3,6-7,15H,4-5,8-13H2,(H2,19,20,21,24). The van der Waals surface area contributed by atoms with Crippen molar-refractivity contribution in [2.75, 3.05) is 6.61 Å². The lowest BCUT2D eigenvalue weighted by molar-refractivity contribution is -0.144. The van der Waals surface area contributed by atoms with Crippen LogP contribution < -0.4 is 10.6 Å². The molecular weight excluding hydrogens is 324 g/mol. The molecule has 1 fully saturated rings. The lowest BCUT2D eigenvalue weighted by Gasteiger charge is -2.14. The van der Waals surface area contributed by atoms with Gasteiger partial charge in [0.2, 0.25) is 5.91 Å². The van der Waals surface area contributed by atoms with E-state index in [9.17, 15) is 9.59 Å². The van der Waals surface area contributed by atoms with Crippen LogP contribution in [0.4, 0.5) is 0 Å². The van der Waals surface area contributed by atoms with E-state index in [-0.39, 0.29) is 24.7 Å². The van der Waals surface area contributed by atoms with Gasteiger partial charge in [-0.3, -0.25) is 9.59 Å². The Morgan fingerprint density at radius 3 is 2.54 bits per heavy atom. The van der Waals surface area contributed by atoms with Crippen molar-refractivity contribution in [2.45, 2.75) is 51.0 Å². The second kappa shape index (κ2) is 10.0. The zero-order valence-corrected chi connectivity index (χ0v) is 14.6. The van der Waals surface area contributed by atoms with Crippen molar-refractivity contribution in [2.24, 2.45) is 0 Å². The number of carbonyl (C=O) groups excluding carboxylic acids is 2. The van der Waals surface area contributed by atoms with Gasteiger partial charge in [-0.1, -0.05) is 43.2 Å². The maximum Gasteiger partial charge on any atom is 0.306 e. The van der Waals surface area contributed by atoms with Gasteiger partial charge in [-0.15, -0.1) is 0 Å². The summed E-state index contributed by atoms with van der Waals surface area (Å²) in [6, 6.07) is 10.2. The average Bonchev–Trinajstić information content (AvgIpc) is 3.06. The molecule has 2 rings (SSSR count). The van der Waals surface area contributed by atoms with E-state index in [4.69, 9.17) is 17.0 Å². The minimum Gasteiger partial charge on any atom is -0.465 e. The Labute approximate surface area is 148 Å². The maximum absolute atomic E-state index is 11.8. The van der Waals surface area contributed by atoms with Gasteiger partial charge in [0.25, 0.3) is 0 Å². The highest BCUT2D eigenvalue weighted by molar-refractivity contribution is 7.80. The molecule has 0 unspecified atom stereocenters. The molecule has 0 saturated heterocycles. The minimum atomic E-state index is -0.365. The number of thiocarbonyl (C=S) groups is 1. The number of esters is 1. The van der Waals surface area contributed by atoms with Crippen LogP contribution in [0, 0.1) is 0 Å². The number of ether oxygens (including phenoxy) is 1. The van der Waals surface area contributed by atoms with Crippen LogP contribution in [-0.2, 0) is 20.7 Å². The van der Waals surface area contributed by atoms with E-state index in [1.807, 2.05) is 30.3 Å². The molecule has 1 amide bonds. The van der Waals surface area contributed by atoms with Gasteiger partial charge in [0.15, 0.2) is 5.11 Å². The third-order valence-corrected chi connectivity index (χ3v) is 4.22. The number of hydrogen-bond acceptors (Lipinski definition) is 4. The van der Waals surface area contributed by atoms with Crippen molar-refractivity contribution >= 4 is 29.2 Å². The second-order valence-electron chi connectivity index (χ2n) is 5.96. The molecule has 6 heteroatoms. The molecule has 0 aliphatic heterocycles. The highest BCUT2D eigenvalue weighted by Crippen LogP contribution is 2.17. The Hall–Kier alpha value is -1.95. The Balaban J connectivity index is 1.55. The molecule has 0 aromatic heterocycles. The molecule has 1 aliphatic rings. The summed E-state index contributed by atoms with van der Waals surface area (Å²) in [6.45, 7) is 0.326. The Morgan fingerprint density at radius 2 is 1.83 bits per heavy atom. The zero-order chi connectivity index (χ0) is 17.2. The van der Waals surface area contributed by atoms with E-state index in [0.29, 0.717) is 24.2 Å². The SMILES string of the molecule is O=C(CCC(=O)OCCc1ccccc1)NC(=S)NC1CCCC1. The number of benzene rings is 1. The summed E-state index contributed by atoms with van der Waals surface area (Å²) >= 11 is 5.11. The molecule has 5 nitrogen and oxygen atoms in total. The van der Waals surface area contributed by atoms with Crippen LogP contribution in [0.1, 0.15) is 44.1 Å². The van der Waals surface area contributed by atoms with Gasteiger partial charge in [-0.05, 0) is 30.6 Å². The predicted octanol–water partition coefficient (Wildman–Crippen LogP) is 2.49. The van der Waals surface area contributed by atoms with Gasteiger partial charge < -0.3 is 15.4 Å². The molecule has 0 spiro atoms. The number of amides is 1. The van der Waals surface area contributed by atoms with Crippen molar-refractivity contribution in [3.63, 3.8) is 0 Å². The first-order valence-electron chi connectivity index (χ1n) is 8.43. The minimum absolute atomic E-state index is 0.0622. The molecule has 0 heterocycles. The summed E-state index contributed by atoms with van der Waals surface area (Å²) in [6.07, 6.45) is 5.39. The monoisotopic (exact) mass is 348 g/mol. The fraction of sp³-hybridized carbons (Fsp3) is 0.500. The largest absolute Gasteiger partial charge is 0.465 e. The van der Waals surface area contributed by atoms with Gasteiger partial charge in [0.1, 0.15) is 0 Å². The highest BCUT2D eigenvalue weighted by atomic mass is 32.1. The normalized spacial score (nSPS) is 14.2. The van der Waals surface area contributed by atoms with Crippen LogP contribution in [0.25, 0.3) is 0 Å². The first kappa shape index (κ1) is 18.4. The summed E-state index contributed by atoms with van der Waals surface area (Å²) in [5.41, 5.74) is 1.12. The van der Waals surface area contributed by atoms with Crippen molar-refractivity contribution < 1.29 is 14.3 Å². The van der Waals surface area contributed by atoms with Crippen LogP contribution in [0.5, 0.6) is 0 Å². The lowest BCUT2D eigenvalue weighted by atomic mass is 10.2. The van der Waals surface area contributed by atoms with Crippen LogP contribution in [0.15, 0.2) is 30.3 Å². The van der Waals surface area contributed by atoms with Gasteiger partial charge in [0, 0.05) is 18.9 Å². The smallest absolute Gasteiger partial charge is 0.306 e. The molecule has 1 aliphatic carbocycles. The van der Waals surface area contributed by atoms with Crippen LogP contribution in [-0.4, -0.2) is 29.6 Å². The number of nitrogens with one attached hydrogen (secondary N) is 2. The molecule has 1 aromatic rings. The zero-order valence-electron chi connectivity index (χ0n) is 13.8. The molecule has 0 atom stereocenters. The fourth-order valence-corrected chi connectivity index (χ4v) is 2.98. The topological polar surface area (TPSA) is 67.4 Å². The molecule has 24 heavy (non-hydrogen) atoms. The molecule has 2 N–H and O–H groups in total. The summed E-state index contributed by atoms with van der Waals surface area (Å²) < 4.78 is 5.14. The van der Waals surface area contributed by atoms with Crippen molar-refractivity contribution in [3.8, 4) is 0 Å². The molecule has 1 aromatic carbocycles. The average molecular weight is 348 g/mol. The van der Waals surface area contributed by atoms with Gasteiger partial charge in [-0.25, -0.2) is 0 Å². The Bertz CT molecular complexity index is 557. The summed E-state index contributed by atoms with van der Waals surface area (Å²) in [5, 5.41) is 6.10. The Morgan fingerprint density at radius 1 is 1.12 bits per heavy atom. The second-order valence-corrected chi connectivity index (χ2v) is 6.37. The van der Waals surface area contributed by atoms with E-state index in [0.717, 1.165) is 18.4 Å². The Kier molecular flexibility index (Phi) is 7.68. The highest BCUT2D eigenvalue weighted by Gasteiger charge is 2.16. The van der Waals surface area contributed by atoms with Crippen LogP contribution in [0.2, 0.25) is 0 Å². The molecular formula is C18H24N2O3S. The van der Waals surface area contributed by atoms with Crippen LogP contribution >= 0.6 is 12.2 Å². The van der Waals surface area contributed by atoms with Crippen molar-refractivity contribution in [1.82, 2.24) is 10.6 Å². The number of carbonyl (C=O) groups is 2. The lowest BCUT2D eigenvalue weighted by Crippen LogP contribution is -2.43. The van der Waals surface area contributed by atoms with Crippen LogP contribution in [0.3, 0.4) is 0 Å². The fourth-order valence-electron chi connectivity index (χ4n) is 2.70. The van der Waals surface area contributed by atoms with Crippen molar-refractivity contribution in [1.29, 1.82) is 0 Å². The summed E-state index contributed by atoms with van der Waals surface area (Å²) in [7, 11) is 0. The van der Waals surface area contributed by atoms with E-state index < -0.39 is 0 Å². The third-order valence-electron chi connectivity index (χ3n) is 4.00. The predicted molar refractivity (Wildman–Crippen MR) is 96.5 cm³/mol. The molecule has 1 saturated carbocycles. The third kappa shape index (κ3) is 7.08. The quantitative estimate of drug-likeness (QED) is 0.585. The van der Waals surface area contributed by atoms with E-state index in [1.54, 1.807) is 0 Å². The number of hydrogen-bond donors (Lipinski definition) is 2.